The van der Waals surface area contributed by atoms with Gasteiger partial charge in [0.05, 0.1) is 11.2 Å². The van der Waals surface area contributed by atoms with Crippen molar-refractivity contribution < 1.29 is 0 Å². The molecule has 254 valence electrons. The number of hydrogen-bond donors (Lipinski definition) is 0. The fraction of sp³-hybridized carbons (Fsp3) is 0.0816. The van der Waals surface area contributed by atoms with Crippen molar-refractivity contribution in [2.75, 3.05) is 0 Å². The molecule has 0 amide bonds. The van der Waals surface area contributed by atoms with Crippen LogP contribution in [0, 0.1) is 0 Å². The summed E-state index contributed by atoms with van der Waals surface area (Å²) in [7, 11) is 0. The van der Waals surface area contributed by atoms with Gasteiger partial charge in [0.2, 0.25) is 5.95 Å². The molecule has 4 heteroatoms. The Morgan fingerprint density at radius 2 is 1.09 bits per heavy atom. The molecule has 2 heterocycles. The number of benzene rings is 6. The Hall–Kier alpha value is -6.65. The molecule has 6 aromatic carbocycles. The minimum atomic E-state index is -0.171. The van der Waals surface area contributed by atoms with Crippen molar-refractivity contribution >= 4 is 23.1 Å². The highest BCUT2D eigenvalue weighted by molar-refractivity contribution is 6.00. The van der Waals surface area contributed by atoms with Crippen molar-refractivity contribution in [2.24, 2.45) is 0 Å². The molecular formula is C49H38N4. The van der Waals surface area contributed by atoms with Gasteiger partial charge in [-0.15, -0.1) is 0 Å². The number of aromatic nitrogens is 4. The lowest BCUT2D eigenvalue weighted by molar-refractivity contribution is 0.661. The molecular weight excluding hydrogens is 645 g/mol. The van der Waals surface area contributed by atoms with Gasteiger partial charge in [-0.2, -0.15) is 9.97 Å². The number of hydrogen-bond acceptors (Lipinski definition) is 3. The van der Waals surface area contributed by atoms with E-state index in [-0.39, 0.29) is 5.41 Å². The third-order valence-corrected chi connectivity index (χ3v) is 10.6. The summed E-state index contributed by atoms with van der Waals surface area (Å²) in [5, 5.41) is 1.13. The van der Waals surface area contributed by atoms with E-state index >= 15 is 0 Å². The van der Waals surface area contributed by atoms with Gasteiger partial charge in [0.15, 0.2) is 11.6 Å². The molecule has 0 aliphatic heterocycles. The van der Waals surface area contributed by atoms with Gasteiger partial charge in [-0.25, -0.2) is 4.98 Å². The van der Waals surface area contributed by atoms with Crippen LogP contribution in [0.2, 0.25) is 0 Å². The summed E-state index contributed by atoms with van der Waals surface area (Å²) in [5.74, 6) is 1.75. The van der Waals surface area contributed by atoms with Crippen LogP contribution in [0.25, 0.3) is 85.2 Å². The van der Waals surface area contributed by atoms with Crippen molar-refractivity contribution in [1.82, 2.24) is 19.5 Å². The van der Waals surface area contributed by atoms with E-state index in [1.165, 1.54) is 22.3 Å². The molecule has 0 fully saturated rings. The molecule has 2 aromatic heterocycles. The molecule has 0 saturated carbocycles. The zero-order valence-corrected chi connectivity index (χ0v) is 30.1. The van der Waals surface area contributed by atoms with E-state index in [9.17, 15) is 0 Å². The van der Waals surface area contributed by atoms with Gasteiger partial charge >= 0.3 is 0 Å². The topological polar surface area (TPSA) is 43.6 Å². The maximum Gasteiger partial charge on any atom is 0.238 e. The smallest absolute Gasteiger partial charge is 0.238 e. The molecule has 0 saturated heterocycles. The highest BCUT2D eigenvalue weighted by Crippen LogP contribution is 2.51. The zero-order valence-electron chi connectivity index (χ0n) is 30.1. The Balaban J connectivity index is 1.32. The third-order valence-electron chi connectivity index (χ3n) is 10.6. The van der Waals surface area contributed by atoms with E-state index in [1.807, 2.05) is 18.2 Å². The highest BCUT2D eigenvalue weighted by atomic mass is 15.2. The summed E-state index contributed by atoms with van der Waals surface area (Å²) in [6, 6.07) is 51.2. The zero-order chi connectivity index (χ0) is 36.1. The lowest BCUT2D eigenvalue weighted by Crippen LogP contribution is -2.15. The van der Waals surface area contributed by atoms with Gasteiger partial charge in [-0.1, -0.05) is 154 Å². The predicted octanol–water partition coefficient (Wildman–Crippen LogP) is 12.5. The van der Waals surface area contributed by atoms with E-state index in [4.69, 9.17) is 15.0 Å². The quantitative estimate of drug-likeness (QED) is 0.168. The standard InChI is InChI=1S/C49H38N4/c1-5-17-39-41-30-40-38-26-13-14-27-42(38)49(3,4)43(40)31-45(41)53(44(39)6-2)48-51-46(36-24-15-22-34(28-36)32-18-9-7-10-19-32)50-47(52-48)37-25-16-23-35(29-37)33-20-11-8-12-21-33/h5-31H,2H2,1,3-4H3/b17-5-. The van der Waals surface area contributed by atoms with Crippen LogP contribution >= 0.6 is 0 Å². The molecule has 0 atom stereocenters. The predicted molar refractivity (Wildman–Crippen MR) is 221 cm³/mol. The number of fused-ring (bicyclic) bond motifs is 4. The fourth-order valence-corrected chi connectivity index (χ4v) is 7.94. The lowest BCUT2D eigenvalue weighted by Gasteiger charge is -2.21. The minimum Gasteiger partial charge on any atom is -0.278 e. The van der Waals surface area contributed by atoms with Crippen LogP contribution < -0.4 is 0 Å². The molecule has 53 heavy (non-hydrogen) atoms. The Morgan fingerprint density at radius 1 is 0.547 bits per heavy atom. The first-order chi connectivity index (χ1) is 25.9. The van der Waals surface area contributed by atoms with E-state index < -0.39 is 0 Å². The minimum absolute atomic E-state index is 0.171. The second kappa shape index (κ2) is 12.8. The Bertz CT molecular complexity index is 2620. The van der Waals surface area contributed by atoms with E-state index in [2.05, 4.69) is 178 Å². The van der Waals surface area contributed by atoms with Crippen molar-refractivity contribution in [3.05, 3.63) is 181 Å². The first-order valence-electron chi connectivity index (χ1n) is 18.1. The molecule has 1 aliphatic rings. The summed E-state index contributed by atoms with van der Waals surface area (Å²) in [6.45, 7) is 11.0. The maximum absolute atomic E-state index is 5.29. The lowest BCUT2D eigenvalue weighted by atomic mass is 9.82. The molecule has 0 unspecified atom stereocenters. The van der Waals surface area contributed by atoms with Gasteiger partial charge in [-0.3, -0.25) is 4.57 Å². The van der Waals surface area contributed by atoms with Crippen molar-refractivity contribution in [3.63, 3.8) is 0 Å². The molecule has 0 bridgehead atoms. The monoisotopic (exact) mass is 682 g/mol. The second-order valence-electron chi connectivity index (χ2n) is 14.1. The summed E-state index contributed by atoms with van der Waals surface area (Å²) < 4.78 is 2.17. The molecule has 0 radical (unpaired) electrons. The first-order valence-corrected chi connectivity index (χ1v) is 18.1. The van der Waals surface area contributed by atoms with Gasteiger partial charge in [-0.05, 0) is 81.8 Å². The van der Waals surface area contributed by atoms with Gasteiger partial charge in [0, 0.05) is 27.5 Å². The first kappa shape index (κ1) is 32.3. The highest BCUT2D eigenvalue weighted by Gasteiger charge is 2.36. The summed E-state index contributed by atoms with van der Waals surface area (Å²) in [5.41, 5.74) is 14.4. The summed E-state index contributed by atoms with van der Waals surface area (Å²) >= 11 is 0. The van der Waals surface area contributed by atoms with Crippen LogP contribution in [0.5, 0.6) is 0 Å². The van der Waals surface area contributed by atoms with E-state index in [0.717, 1.165) is 55.5 Å². The van der Waals surface area contributed by atoms with Crippen LogP contribution in [0.15, 0.2) is 158 Å². The molecule has 8 aromatic rings. The second-order valence-corrected chi connectivity index (χ2v) is 14.1. The van der Waals surface area contributed by atoms with Crippen LogP contribution in [-0.4, -0.2) is 19.5 Å². The van der Waals surface area contributed by atoms with Crippen LogP contribution in [0.3, 0.4) is 0 Å². The van der Waals surface area contributed by atoms with Crippen molar-refractivity contribution in [3.8, 4) is 62.1 Å². The van der Waals surface area contributed by atoms with Crippen molar-refractivity contribution in [1.29, 1.82) is 0 Å². The SMILES string of the molecule is C=Cc1c(/C=C\C)c2cc3c(cc2n1-c1nc(-c2cccc(-c4ccccc4)c2)nc(-c2cccc(-c4ccccc4)c2)n1)C(C)(C)c1ccccc1-3. The number of allylic oxidation sites excluding steroid dienone is 1. The normalized spacial score (nSPS) is 13.0. The van der Waals surface area contributed by atoms with Crippen molar-refractivity contribution in [2.45, 2.75) is 26.2 Å². The molecule has 4 nitrogen and oxygen atoms in total. The molecule has 1 aliphatic carbocycles. The molecule has 0 spiro atoms. The molecule has 9 rings (SSSR count). The average Bonchev–Trinajstić information content (AvgIpc) is 3.64. The number of nitrogens with zero attached hydrogens (tertiary/aromatic N) is 4. The van der Waals surface area contributed by atoms with Crippen LogP contribution in [0.4, 0.5) is 0 Å². The number of rotatable bonds is 7. The maximum atomic E-state index is 5.29. The fourth-order valence-electron chi connectivity index (χ4n) is 7.94. The Morgan fingerprint density at radius 3 is 1.68 bits per heavy atom. The molecule has 0 N–H and O–H groups in total. The van der Waals surface area contributed by atoms with Crippen LogP contribution in [-0.2, 0) is 5.41 Å². The van der Waals surface area contributed by atoms with Gasteiger partial charge < -0.3 is 0 Å². The Kier molecular flexibility index (Phi) is 7.82. The Labute approximate surface area is 310 Å². The third kappa shape index (κ3) is 5.42. The van der Waals surface area contributed by atoms with Crippen LogP contribution in [0.1, 0.15) is 43.2 Å². The summed E-state index contributed by atoms with van der Waals surface area (Å²) in [4.78, 5) is 15.8. The van der Waals surface area contributed by atoms with E-state index in [1.54, 1.807) is 0 Å². The van der Waals surface area contributed by atoms with E-state index in [0.29, 0.717) is 17.6 Å². The average molecular weight is 683 g/mol. The van der Waals surface area contributed by atoms with Gasteiger partial charge in [0.1, 0.15) is 0 Å². The summed E-state index contributed by atoms with van der Waals surface area (Å²) in [6.07, 6.45) is 6.18. The largest absolute Gasteiger partial charge is 0.278 e. The van der Waals surface area contributed by atoms with Gasteiger partial charge in [0.25, 0.3) is 0 Å².